The van der Waals surface area contributed by atoms with Gasteiger partial charge in [0.1, 0.15) is 16.8 Å². The van der Waals surface area contributed by atoms with Gasteiger partial charge < -0.3 is 15.7 Å². The highest BCUT2D eigenvalue weighted by Crippen LogP contribution is 2.13. The summed E-state index contributed by atoms with van der Waals surface area (Å²) in [7, 11) is 0. The number of pyridine rings is 1. The lowest BCUT2D eigenvalue weighted by Gasteiger charge is -2.06. The summed E-state index contributed by atoms with van der Waals surface area (Å²) in [6.45, 7) is 0.546. The number of anilines is 1. The maximum atomic E-state index is 11.9. The third-order valence-corrected chi connectivity index (χ3v) is 2.83. The second-order valence-electron chi connectivity index (χ2n) is 4.10. The zero-order chi connectivity index (χ0) is 14.4. The summed E-state index contributed by atoms with van der Waals surface area (Å²) < 4.78 is 0. The molecule has 0 unspecified atom stereocenters. The van der Waals surface area contributed by atoms with Gasteiger partial charge in [-0.2, -0.15) is 0 Å². The Morgan fingerprint density at radius 3 is 3.00 bits per heavy atom. The SMILES string of the molecule is NNc1cc(C(=O)NCCCc2ncc[nH]2)cc(Cl)n1. The third-order valence-electron chi connectivity index (χ3n) is 2.63. The van der Waals surface area contributed by atoms with Crippen LogP contribution >= 0.6 is 11.6 Å². The number of rotatable bonds is 6. The van der Waals surface area contributed by atoms with Gasteiger partial charge in [0.2, 0.25) is 0 Å². The first-order chi connectivity index (χ1) is 9.69. The van der Waals surface area contributed by atoms with Crippen LogP contribution in [0.5, 0.6) is 0 Å². The van der Waals surface area contributed by atoms with Gasteiger partial charge in [0, 0.05) is 30.9 Å². The summed E-state index contributed by atoms with van der Waals surface area (Å²) in [6.07, 6.45) is 5.04. The Kier molecular flexibility index (Phi) is 4.91. The number of hydrogen-bond donors (Lipinski definition) is 4. The predicted octanol–water partition coefficient (Wildman–Crippen LogP) is 1.11. The molecule has 2 heterocycles. The number of imidazole rings is 1. The Morgan fingerprint density at radius 1 is 1.45 bits per heavy atom. The molecular formula is C12H15ClN6O. The topological polar surface area (TPSA) is 109 Å². The first kappa shape index (κ1) is 14.3. The molecule has 0 aromatic carbocycles. The number of halogens is 1. The number of carbonyl (C=O) groups excluding carboxylic acids is 1. The molecule has 2 aromatic rings. The Balaban J connectivity index is 1.83. The molecule has 0 bridgehead atoms. The van der Waals surface area contributed by atoms with Gasteiger partial charge in [-0.25, -0.2) is 15.8 Å². The Hall–Kier alpha value is -2.12. The van der Waals surface area contributed by atoms with E-state index >= 15 is 0 Å². The number of aromatic nitrogens is 3. The second kappa shape index (κ2) is 6.88. The molecule has 0 spiro atoms. The summed E-state index contributed by atoms with van der Waals surface area (Å²) in [4.78, 5) is 23.0. The van der Waals surface area contributed by atoms with Gasteiger partial charge >= 0.3 is 0 Å². The highest BCUT2D eigenvalue weighted by Gasteiger charge is 2.08. The fraction of sp³-hybridized carbons (Fsp3) is 0.250. The zero-order valence-corrected chi connectivity index (χ0v) is 11.4. The minimum Gasteiger partial charge on any atom is -0.352 e. The van der Waals surface area contributed by atoms with Crippen LogP contribution < -0.4 is 16.6 Å². The van der Waals surface area contributed by atoms with E-state index in [9.17, 15) is 4.79 Å². The summed E-state index contributed by atoms with van der Waals surface area (Å²) in [5, 5.41) is 3.01. The van der Waals surface area contributed by atoms with Crippen LogP contribution in [0, 0.1) is 0 Å². The maximum Gasteiger partial charge on any atom is 0.251 e. The van der Waals surface area contributed by atoms with Crippen LogP contribution in [0.3, 0.4) is 0 Å². The lowest BCUT2D eigenvalue weighted by molar-refractivity contribution is 0.0953. The number of hydrogen-bond acceptors (Lipinski definition) is 5. The summed E-state index contributed by atoms with van der Waals surface area (Å²) in [5.41, 5.74) is 2.77. The number of amides is 1. The smallest absolute Gasteiger partial charge is 0.251 e. The monoisotopic (exact) mass is 294 g/mol. The van der Waals surface area contributed by atoms with Gasteiger partial charge in [0.25, 0.3) is 5.91 Å². The Bertz CT molecular complexity index is 571. The molecule has 0 saturated carbocycles. The van der Waals surface area contributed by atoms with Crippen LogP contribution in [0.1, 0.15) is 22.6 Å². The Labute approximate surface area is 120 Å². The van der Waals surface area contributed by atoms with Gasteiger partial charge in [0.15, 0.2) is 0 Å². The van der Waals surface area contributed by atoms with Crippen molar-refractivity contribution >= 4 is 23.3 Å². The van der Waals surface area contributed by atoms with Gasteiger partial charge in [-0.3, -0.25) is 4.79 Å². The highest BCUT2D eigenvalue weighted by atomic mass is 35.5. The van der Waals surface area contributed by atoms with E-state index in [1.165, 1.54) is 12.1 Å². The van der Waals surface area contributed by atoms with Crippen molar-refractivity contribution in [1.82, 2.24) is 20.3 Å². The number of aryl methyl sites for hydroxylation is 1. The fourth-order valence-corrected chi connectivity index (χ4v) is 1.91. The highest BCUT2D eigenvalue weighted by molar-refractivity contribution is 6.29. The van der Waals surface area contributed by atoms with E-state index in [1.807, 2.05) is 0 Å². The molecule has 0 atom stereocenters. The second-order valence-corrected chi connectivity index (χ2v) is 4.49. The molecule has 106 valence electrons. The fourth-order valence-electron chi connectivity index (χ4n) is 1.70. The molecular weight excluding hydrogens is 280 g/mol. The lowest BCUT2D eigenvalue weighted by atomic mass is 10.2. The van der Waals surface area contributed by atoms with Crippen molar-refractivity contribution in [3.63, 3.8) is 0 Å². The normalized spacial score (nSPS) is 10.3. The van der Waals surface area contributed by atoms with Crippen molar-refractivity contribution < 1.29 is 4.79 Å². The van der Waals surface area contributed by atoms with Gasteiger partial charge in [-0.15, -0.1) is 0 Å². The molecule has 0 aliphatic rings. The molecule has 20 heavy (non-hydrogen) atoms. The number of nitrogens with one attached hydrogen (secondary N) is 3. The lowest BCUT2D eigenvalue weighted by Crippen LogP contribution is -2.25. The largest absolute Gasteiger partial charge is 0.352 e. The molecule has 0 aliphatic heterocycles. The summed E-state index contributed by atoms with van der Waals surface area (Å²) >= 11 is 5.80. The number of nitrogens with zero attached hydrogens (tertiary/aromatic N) is 2. The molecule has 0 fully saturated rings. The van der Waals surface area contributed by atoms with Gasteiger partial charge in [-0.1, -0.05) is 11.6 Å². The quantitative estimate of drug-likeness (QED) is 0.276. The molecule has 1 amide bonds. The van der Waals surface area contributed by atoms with Crippen molar-refractivity contribution in [2.24, 2.45) is 5.84 Å². The van der Waals surface area contributed by atoms with E-state index in [0.717, 1.165) is 18.7 Å². The van der Waals surface area contributed by atoms with Crippen molar-refractivity contribution in [2.45, 2.75) is 12.8 Å². The van der Waals surface area contributed by atoms with Crippen molar-refractivity contribution in [3.8, 4) is 0 Å². The number of carbonyl (C=O) groups is 1. The van der Waals surface area contributed by atoms with Crippen LogP contribution in [0.15, 0.2) is 24.5 Å². The van der Waals surface area contributed by atoms with E-state index in [1.54, 1.807) is 12.4 Å². The summed E-state index contributed by atoms with van der Waals surface area (Å²) in [5.74, 6) is 6.28. The van der Waals surface area contributed by atoms with E-state index in [-0.39, 0.29) is 11.1 Å². The van der Waals surface area contributed by atoms with E-state index in [2.05, 4.69) is 25.7 Å². The van der Waals surface area contributed by atoms with Crippen LogP contribution in [-0.4, -0.2) is 27.4 Å². The average molecular weight is 295 g/mol. The maximum absolute atomic E-state index is 11.9. The molecule has 5 N–H and O–H groups in total. The summed E-state index contributed by atoms with van der Waals surface area (Å²) in [6, 6.07) is 3.03. The van der Waals surface area contributed by atoms with Crippen LogP contribution in [0.2, 0.25) is 5.15 Å². The van der Waals surface area contributed by atoms with E-state index in [0.29, 0.717) is 17.9 Å². The number of nitrogen functional groups attached to an aromatic ring is 1. The van der Waals surface area contributed by atoms with Gasteiger partial charge in [-0.05, 0) is 18.6 Å². The van der Waals surface area contributed by atoms with E-state index < -0.39 is 0 Å². The van der Waals surface area contributed by atoms with Crippen molar-refractivity contribution in [3.05, 3.63) is 41.1 Å². The minimum atomic E-state index is -0.217. The van der Waals surface area contributed by atoms with E-state index in [4.69, 9.17) is 17.4 Å². The average Bonchev–Trinajstić information content (AvgIpc) is 2.95. The number of H-pyrrole nitrogens is 1. The Morgan fingerprint density at radius 2 is 2.30 bits per heavy atom. The molecule has 0 saturated heterocycles. The zero-order valence-electron chi connectivity index (χ0n) is 10.7. The number of nitrogens with two attached hydrogens (primary N) is 1. The third kappa shape index (κ3) is 3.94. The standard InChI is InChI=1S/C12H15ClN6O/c13-9-6-8(7-11(18-9)19-14)12(20)17-3-1-2-10-15-4-5-16-10/h4-7H,1-3,14H2,(H,15,16)(H,17,20)(H,18,19). The van der Waals surface area contributed by atoms with Crippen LogP contribution in [0.4, 0.5) is 5.82 Å². The molecule has 2 rings (SSSR count). The predicted molar refractivity (Wildman–Crippen MR) is 76.3 cm³/mol. The number of aromatic amines is 1. The van der Waals surface area contributed by atoms with Gasteiger partial charge in [0.05, 0.1) is 0 Å². The minimum absolute atomic E-state index is 0.209. The molecule has 0 radical (unpaired) electrons. The van der Waals surface area contributed by atoms with Crippen molar-refractivity contribution in [2.75, 3.05) is 12.0 Å². The van der Waals surface area contributed by atoms with Crippen LogP contribution in [-0.2, 0) is 6.42 Å². The molecule has 8 heteroatoms. The van der Waals surface area contributed by atoms with Crippen LogP contribution in [0.25, 0.3) is 0 Å². The first-order valence-corrected chi connectivity index (χ1v) is 6.47. The molecule has 0 aliphatic carbocycles. The first-order valence-electron chi connectivity index (χ1n) is 6.09. The molecule has 7 nitrogen and oxygen atoms in total. The number of hydrazine groups is 1. The molecule has 2 aromatic heterocycles. The van der Waals surface area contributed by atoms with Crippen molar-refractivity contribution in [1.29, 1.82) is 0 Å².